The molecule has 1 saturated carbocycles. The number of nitrogen functional groups attached to an aromatic ring is 1. The molecule has 7 nitrogen and oxygen atoms in total. The number of benzene rings is 2. The fourth-order valence-electron chi connectivity index (χ4n) is 3.49. The van der Waals surface area contributed by atoms with Crippen LogP contribution in [0, 0.1) is 0 Å². The Hall–Kier alpha value is -2.13. The van der Waals surface area contributed by atoms with Gasteiger partial charge in [0, 0.05) is 12.6 Å². The molecule has 0 saturated heterocycles. The van der Waals surface area contributed by atoms with E-state index in [0.717, 1.165) is 31.2 Å². The number of hydrogen-bond donors (Lipinski definition) is 4. The maximum Gasteiger partial charge on any atom is 0.244 e. The summed E-state index contributed by atoms with van der Waals surface area (Å²) in [5.41, 5.74) is 13.3. The van der Waals surface area contributed by atoms with Crippen LogP contribution in [-0.4, -0.2) is 38.3 Å². The molecule has 158 valence electrons. The van der Waals surface area contributed by atoms with Crippen LogP contribution >= 0.6 is 0 Å². The summed E-state index contributed by atoms with van der Waals surface area (Å²) in [7, 11) is -3.93. The van der Waals surface area contributed by atoms with E-state index in [2.05, 4.69) is 4.72 Å². The molecule has 0 unspecified atom stereocenters. The first-order valence-electron chi connectivity index (χ1n) is 9.89. The van der Waals surface area contributed by atoms with Gasteiger partial charge in [-0.1, -0.05) is 36.4 Å². The van der Waals surface area contributed by atoms with Crippen LogP contribution in [0.2, 0.25) is 0 Å². The molecule has 1 fully saturated rings. The molecule has 2 aromatic rings. The zero-order chi connectivity index (χ0) is 20.9. The summed E-state index contributed by atoms with van der Waals surface area (Å²) < 4.78 is 34.1. The average Bonchev–Trinajstić information content (AvgIpc) is 3.21. The fraction of sp³-hybridized carbons (Fsp3) is 0.429. The highest BCUT2D eigenvalue weighted by molar-refractivity contribution is 7.89. The monoisotopic (exact) mass is 419 g/mol. The molecule has 0 aliphatic heterocycles. The number of para-hydroxylation sites is 1. The summed E-state index contributed by atoms with van der Waals surface area (Å²) in [6.07, 6.45) is 3.26. The molecular weight excluding hydrogens is 390 g/mol. The van der Waals surface area contributed by atoms with Crippen LogP contribution in [0.5, 0.6) is 5.75 Å². The molecule has 0 spiro atoms. The number of anilines is 1. The third-order valence-corrected chi connectivity index (χ3v) is 6.62. The Morgan fingerprint density at radius 3 is 2.48 bits per heavy atom. The Morgan fingerprint density at radius 1 is 1.10 bits per heavy atom. The summed E-state index contributed by atoms with van der Waals surface area (Å²) in [5.74, 6) is 0.176. The van der Waals surface area contributed by atoms with Crippen molar-refractivity contribution in [2.24, 2.45) is 5.73 Å². The minimum atomic E-state index is -3.93. The highest BCUT2D eigenvalue weighted by atomic mass is 32.2. The van der Waals surface area contributed by atoms with Gasteiger partial charge >= 0.3 is 0 Å². The molecule has 0 aromatic heterocycles. The lowest BCUT2D eigenvalue weighted by Crippen LogP contribution is -2.44. The van der Waals surface area contributed by atoms with Gasteiger partial charge in [-0.25, -0.2) is 13.1 Å². The van der Waals surface area contributed by atoms with Crippen molar-refractivity contribution in [3.63, 3.8) is 0 Å². The topological polar surface area (TPSA) is 128 Å². The van der Waals surface area contributed by atoms with E-state index in [4.69, 9.17) is 16.2 Å². The van der Waals surface area contributed by atoms with E-state index in [1.165, 1.54) is 6.07 Å². The summed E-state index contributed by atoms with van der Waals surface area (Å²) in [5, 5.41) is 10.3. The molecule has 6 N–H and O–H groups in total. The molecule has 0 amide bonds. The summed E-state index contributed by atoms with van der Waals surface area (Å²) in [6, 6.07) is 13.6. The molecular formula is C21H29N3O4S. The maximum absolute atomic E-state index is 12.9. The second-order valence-corrected chi connectivity index (χ2v) is 9.21. The summed E-state index contributed by atoms with van der Waals surface area (Å²) in [4.78, 5) is -0.0202. The van der Waals surface area contributed by atoms with Crippen LogP contribution in [0.15, 0.2) is 53.4 Å². The van der Waals surface area contributed by atoms with Gasteiger partial charge in [0.05, 0.1) is 17.9 Å². The first kappa shape index (κ1) is 21.6. The third-order valence-electron chi connectivity index (χ3n) is 5.18. The zero-order valence-electron chi connectivity index (χ0n) is 16.3. The number of rotatable bonds is 9. The Labute approximate surface area is 172 Å². The van der Waals surface area contributed by atoms with E-state index in [1.54, 1.807) is 12.1 Å². The third kappa shape index (κ3) is 5.70. The standard InChI is InChI=1S/C21H29N3O4S/c22-17-11-6-12-20(21(17)28-16-9-4-5-10-16)29(26,27)24-14-19(25)18(23)13-15-7-2-1-3-8-15/h1-3,6-8,11-12,16,18-19,24-25H,4-5,9-10,13-14,22-23H2/t18-,19+/m0/s1. The van der Waals surface area contributed by atoms with Gasteiger partial charge in [-0.3, -0.25) is 0 Å². The van der Waals surface area contributed by atoms with Crippen molar-refractivity contribution in [1.82, 2.24) is 4.72 Å². The van der Waals surface area contributed by atoms with Crippen LogP contribution < -0.4 is 20.9 Å². The molecule has 8 heteroatoms. The highest BCUT2D eigenvalue weighted by Gasteiger charge is 2.26. The van der Waals surface area contributed by atoms with E-state index in [9.17, 15) is 13.5 Å². The van der Waals surface area contributed by atoms with Gasteiger partial charge in [-0.05, 0) is 49.8 Å². The van der Waals surface area contributed by atoms with E-state index < -0.39 is 22.2 Å². The maximum atomic E-state index is 12.9. The predicted molar refractivity (Wildman–Crippen MR) is 113 cm³/mol. The van der Waals surface area contributed by atoms with Gasteiger partial charge in [0.2, 0.25) is 10.0 Å². The molecule has 0 radical (unpaired) electrons. The minimum Gasteiger partial charge on any atom is -0.487 e. The van der Waals surface area contributed by atoms with E-state index in [-0.39, 0.29) is 29.0 Å². The van der Waals surface area contributed by atoms with E-state index >= 15 is 0 Å². The van der Waals surface area contributed by atoms with Crippen molar-refractivity contribution in [2.75, 3.05) is 12.3 Å². The number of aliphatic hydroxyl groups is 1. The summed E-state index contributed by atoms with van der Waals surface area (Å²) in [6.45, 7) is -0.200. The molecule has 2 atom stereocenters. The number of nitrogens with one attached hydrogen (secondary N) is 1. The van der Waals surface area contributed by atoms with Crippen LogP contribution in [-0.2, 0) is 16.4 Å². The Balaban J connectivity index is 1.66. The van der Waals surface area contributed by atoms with Crippen LogP contribution in [0.25, 0.3) is 0 Å². The first-order chi connectivity index (χ1) is 13.9. The molecule has 3 rings (SSSR count). The number of hydrogen-bond acceptors (Lipinski definition) is 6. The van der Waals surface area contributed by atoms with Crippen molar-refractivity contribution in [1.29, 1.82) is 0 Å². The number of aliphatic hydroxyl groups excluding tert-OH is 1. The Morgan fingerprint density at radius 2 is 1.79 bits per heavy atom. The molecule has 1 aliphatic carbocycles. The lowest BCUT2D eigenvalue weighted by Gasteiger charge is -2.21. The van der Waals surface area contributed by atoms with E-state index in [0.29, 0.717) is 6.42 Å². The van der Waals surface area contributed by atoms with Gasteiger partial charge < -0.3 is 21.3 Å². The number of ether oxygens (including phenoxy) is 1. The second kappa shape index (κ2) is 9.58. The largest absolute Gasteiger partial charge is 0.487 e. The fourth-order valence-corrected chi connectivity index (χ4v) is 4.70. The van der Waals surface area contributed by atoms with Crippen LogP contribution in [0.3, 0.4) is 0 Å². The smallest absolute Gasteiger partial charge is 0.244 e. The normalized spacial score (nSPS) is 17.2. The zero-order valence-corrected chi connectivity index (χ0v) is 17.1. The second-order valence-electron chi connectivity index (χ2n) is 7.47. The van der Waals surface area contributed by atoms with Crippen molar-refractivity contribution in [3.05, 3.63) is 54.1 Å². The first-order valence-corrected chi connectivity index (χ1v) is 11.4. The van der Waals surface area contributed by atoms with Crippen LogP contribution in [0.1, 0.15) is 31.2 Å². The molecule has 29 heavy (non-hydrogen) atoms. The SMILES string of the molecule is Nc1cccc(S(=O)(=O)NC[C@@H](O)[C@@H](N)Cc2ccccc2)c1OC1CCCC1. The van der Waals surface area contributed by atoms with E-state index in [1.807, 2.05) is 30.3 Å². The van der Waals surface area contributed by atoms with Gasteiger partial charge in [0.15, 0.2) is 5.75 Å². The molecule has 1 aliphatic rings. The van der Waals surface area contributed by atoms with Crippen molar-refractivity contribution >= 4 is 15.7 Å². The van der Waals surface area contributed by atoms with Crippen molar-refractivity contribution in [3.8, 4) is 5.75 Å². The van der Waals surface area contributed by atoms with Crippen molar-refractivity contribution in [2.45, 2.75) is 55.2 Å². The number of nitrogens with two attached hydrogens (primary N) is 2. The number of sulfonamides is 1. The highest BCUT2D eigenvalue weighted by Crippen LogP contribution is 2.34. The molecule has 0 heterocycles. The lowest BCUT2D eigenvalue weighted by molar-refractivity contribution is 0.148. The lowest BCUT2D eigenvalue weighted by atomic mass is 10.0. The van der Waals surface area contributed by atoms with Gasteiger partial charge in [-0.15, -0.1) is 0 Å². The van der Waals surface area contributed by atoms with Crippen LogP contribution in [0.4, 0.5) is 5.69 Å². The minimum absolute atomic E-state index is 0.0202. The van der Waals surface area contributed by atoms with Crippen molar-refractivity contribution < 1.29 is 18.3 Å². The Kier molecular flexibility index (Phi) is 7.13. The molecule has 0 bridgehead atoms. The molecule has 2 aromatic carbocycles. The van der Waals surface area contributed by atoms with Gasteiger partial charge in [-0.2, -0.15) is 0 Å². The Bertz CT molecular complexity index is 899. The summed E-state index contributed by atoms with van der Waals surface area (Å²) >= 11 is 0. The van der Waals surface area contributed by atoms with Gasteiger partial charge in [0.25, 0.3) is 0 Å². The quantitative estimate of drug-likeness (QED) is 0.459. The predicted octanol–water partition coefficient (Wildman–Crippen LogP) is 1.80. The van der Waals surface area contributed by atoms with Gasteiger partial charge in [0.1, 0.15) is 4.90 Å². The average molecular weight is 420 g/mol.